The molecule has 1 aromatic carbocycles. The van der Waals surface area contributed by atoms with E-state index >= 15 is 0 Å². The van der Waals surface area contributed by atoms with Crippen molar-refractivity contribution in [2.45, 2.75) is 18.9 Å². The predicted molar refractivity (Wildman–Crippen MR) is 84.8 cm³/mol. The number of aryl methyl sites for hydroxylation is 2. The van der Waals surface area contributed by atoms with Crippen LogP contribution in [-0.2, 0) is 10.0 Å². The zero-order valence-electron chi connectivity index (χ0n) is 11.3. The Balaban J connectivity index is 2.08. The van der Waals surface area contributed by atoms with Gasteiger partial charge < -0.3 is 0 Å². The highest BCUT2D eigenvalue weighted by molar-refractivity contribution is 7.92. The first kappa shape index (κ1) is 14.4. The first-order chi connectivity index (χ1) is 9.87. The van der Waals surface area contributed by atoms with E-state index in [1.807, 2.05) is 19.9 Å². The van der Waals surface area contributed by atoms with E-state index in [2.05, 4.69) is 9.71 Å². The second kappa shape index (κ2) is 5.01. The Morgan fingerprint density at radius 3 is 2.57 bits per heavy atom. The number of fused-ring (bicyclic) bond motifs is 1. The van der Waals surface area contributed by atoms with Crippen LogP contribution in [0.4, 0.5) is 5.69 Å². The van der Waals surface area contributed by atoms with Crippen molar-refractivity contribution in [2.75, 3.05) is 4.72 Å². The zero-order chi connectivity index (χ0) is 15.2. The lowest BCUT2D eigenvalue weighted by Crippen LogP contribution is -2.15. The number of rotatable bonds is 3. The molecular weight excluding hydrogens is 330 g/mol. The number of anilines is 1. The molecule has 2 heterocycles. The Bertz CT molecular complexity index is 908. The lowest BCUT2D eigenvalue weighted by atomic mass is 10.1. The molecule has 0 bridgehead atoms. The van der Waals surface area contributed by atoms with E-state index in [0.717, 1.165) is 11.1 Å². The summed E-state index contributed by atoms with van der Waals surface area (Å²) in [7, 11) is -3.81. The molecule has 0 fully saturated rings. The third-order valence-electron chi connectivity index (χ3n) is 2.91. The molecule has 0 aliphatic heterocycles. The minimum Gasteiger partial charge on any atom is -0.278 e. The van der Waals surface area contributed by atoms with E-state index in [1.165, 1.54) is 15.7 Å². The van der Waals surface area contributed by atoms with Crippen molar-refractivity contribution >= 4 is 43.6 Å². The highest BCUT2D eigenvalue weighted by atomic mass is 35.5. The number of nitrogens with zero attached hydrogens (tertiary/aromatic N) is 2. The molecule has 0 spiro atoms. The zero-order valence-corrected chi connectivity index (χ0v) is 13.7. The quantitative estimate of drug-likeness (QED) is 0.793. The summed E-state index contributed by atoms with van der Waals surface area (Å²) < 4.78 is 29.2. The van der Waals surface area contributed by atoms with Crippen molar-refractivity contribution in [1.29, 1.82) is 0 Å². The number of benzene rings is 1. The number of nitrogens with one attached hydrogen (secondary N) is 1. The van der Waals surface area contributed by atoms with Gasteiger partial charge in [-0.2, -0.15) is 8.42 Å². The SMILES string of the molecule is Cc1cc(C)cc(NS(=O)(=O)c2c(Cl)nc3sccn23)c1. The number of thiazole rings is 1. The summed E-state index contributed by atoms with van der Waals surface area (Å²) in [6, 6.07) is 5.51. The van der Waals surface area contributed by atoms with Crippen LogP contribution in [0.2, 0.25) is 5.15 Å². The topological polar surface area (TPSA) is 63.5 Å². The van der Waals surface area contributed by atoms with Crippen LogP contribution in [0.25, 0.3) is 4.96 Å². The molecule has 0 saturated carbocycles. The van der Waals surface area contributed by atoms with Gasteiger partial charge in [0.25, 0.3) is 10.0 Å². The number of aromatic nitrogens is 2. The lowest BCUT2D eigenvalue weighted by Gasteiger charge is -2.09. The molecule has 0 radical (unpaired) electrons. The van der Waals surface area contributed by atoms with Gasteiger partial charge in [0, 0.05) is 17.3 Å². The molecule has 1 N–H and O–H groups in total. The van der Waals surface area contributed by atoms with E-state index in [1.54, 1.807) is 23.7 Å². The average Bonchev–Trinajstić information content (AvgIpc) is 2.85. The Hall–Kier alpha value is -1.57. The Kier molecular flexibility index (Phi) is 3.43. The summed E-state index contributed by atoms with van der Waals surface area (Å²) in [6.45, 7) is 3.82. The van der Waals surface area contributed by atoms with Gasteiger partial charge in [-0.1, -0.05) is 17.7 Å². The Morgan fingerprint density at radius 1 is 1.24 bits per heavy atom. The smallest absolute Gasteiger partial charge is 0.278 e. The number of sulfonamides is 1. The highest BCUT2D eigenvalue weighted by Gasteiger charge is 2.25. The molecule has 3 aromatic rings. The minimum absolute atomic E-state index is 0.0290. The lowest BCUT2D eigenvalue weighted by molar-refractivity contribution is 0.597. The minimum atomic E-state index is -3.81. The largest absolute Gasteiger partial charge is 0.281 e. The molecule has 5 nitrogen and oxygen atoms in total. The fourth-order valence-electron chi connectivity index (χ4n) is 2.22. The van der Waals surface area contributed by atoms with Crippen LogP contribution in [0, 0.1) is 13.8 Å². The number of imidazole rings is 1. The van der Waals surface area contributed by atoms with Crippen molar-refractivity contribution in [1.82, 2.24) is 9.38 Å². The maximum atomic E-state index is 12.6. The fraction of sp³-hybridized carbons (Fsp3) is 0.154. The van der Waals surface area contributed by atoms with Crippen LogP contribution in [0.1, 0.15) is 11.1 Å². The molecule has 0 amide bonds. The van der Waals surface area contributed by atoms with Gasteiger partial charge in [0.05, 0.1) is 0 Å². The molecule has 8 heteroatoms. The van der Waals surface area contributed by atoms with Crippen LogP contribution >= 0.6 is 22.9 Å². The number of hydrogen-bond donors (Lipinski definition) is 1. The van der Waals surface area contributed by atoms with Gasteiger partial charge >= 0.3 is 0 Å². The van der Waals surface area contributed by atoms with Crippen LogP contribution in [0.5, 0.6) is 0 Å². The van der Waals surface area contributed by atoms with Gasteiger partial charge in [0.15, 0.2) is 15.1 Å². The summed E-state index contributed by atoms with van der Waals surface area (Å²) in [5, 5.41) is 1.69. The predicted octanol–water partition coefficient (Wildman–Crippen LogP) is 3.47. The highest BCUT2D eigenvalue weighted by Crippen LogP contribution is 2.27. The maximum absolute atomic E-state index is 12.6. The molecule has 0 saturated heterocycles. The molecular formula is C13H12ClN3O2S2. The summed E-state index contributed by atoms with van der Waals surface area (Å²) >= 11 is 7.30. The van der Waals surface area contributed by atoms with Crippen molar-refractivity contribution in [3.63, 3.8) is 0 Å². The summed E-state index contributed by atoms with van der Waals surface area (Å²) in [6.07, 6.45) is 1.63. The van der Waals surface area contributed by atoms with Crippen molar-refractivity contribution < 1.29 is 8.42 Å². The third kappa shape index (κ3) is 2.64. The summed E-state index contributed by atoms with van der Waals surface area (Å²) in [5.74, 6) is 0. The summed E-state index contributed by atoms with van der Waals surface area (Å²) in [4.78, 5) is 4.59. The van der Waals surface area contributed by atoms with Crippen molar-refractivity contribution in [3.8, 4) is 0 Å². The Labute approximate surface area is 131 Å². The van der Waals surface area contributed by atoms with E-state index in [0.29, 0.717) is 10.6 Å². The first-order valence-electron chi connectivity index (χ1n) is 6.09. The number of halogens is 1. The van der Waals surface area contributed by atoms with Gasteiger partial charge in [-0.3, -0.25) is 9.12 Å². The second-order valence-corrected chi connectivity index (χ2v) is 7.57. The van der Waals surface area contributed by atoms with Gasteiger partial charge in [-0.15, -0.1) is 11.3 Å². The van der Waals surface area contributed by atoms with Crippen LogP contribution in [-0.4, -0.2) is 17.8 Å². The molecule has 0 atom stereocenters. The maximum Gasteiger partial charge on any atom is 0.281 e. The van der Waals surface area contributed by atoms with Crippen molar-refractivity contribution in [2.24, 2.45) is 0 Å². The molecule has 0 aliphatic rings. The standard InChI is InChI=1S/C13H12ClN3O2S2/c1-8-5-9(2)7-10(6-8)16-21(18,19)12-11(14)15-13-17(12)3-4-20-13/h3-7,16H,1-2H3. The van der Waals surface area contributed by atoms with Crippen molar-refractivity contribution in [3.05, 3.63) is 46.1 Å². The van der Waals surface area contributed by atoms with Crippen LogP contribution in [0.15, 0.2) is 34.8 Å². The monoisotopic (exact) mass is 341 g/mol. The van der Waals surface area contributed by atoms with Crippen LogP contribution < -0.4 is 4.72 Å². The van der Waals surface area contributed by atoms with Gasteiger partial charge in [0.2, 0.25) is 0 Å². The van der Waals surface area contributed by atoms with E-state index in [9.17, 15) is 8.42 Å². The molecule has 0 unspecified atom stereocenters. The van der Waals surface area contributed by atoms with E-state index in [4.69, 9.17) is 11.6 Å². The molecule has 21 heavy (non-hydrogen) atoms. The normalized spacial score (nSPS) is 12.0. The van der Waals surface area contributed by atoms with E-state index in [-0.39, 0.29) is 10.2 Å². The molecule has 2 aromatic heterocycles. The second-order valence-electron chi connectivity index (χ2n) is 4.75. The van der Waals surface area contributed by atoms with Gasteiger partial charge in [-0.25, -0.2) is 4.98 Å². The van der Waals surface area contributed by atoms with Gasteiger partial charge in [0.1, 0.15) is 0 Å². The average molecular weight is 342 g/mol. The molecule has 0 aliphatic carbocycles. The van der Waals surface area contributed by atoms with Crippen LogP contribution in [0.3, 0.4) is 0 Å². The third-order valence-corrected chi connectivity index (χ3v) is 5.44. The Morgan fingerprint density at radius 2 is 1.90 bits per heavy atom. The first-order valence-corrected chi connectivity index (χ1v) is 8.83. The number of hydrogen-bond acceptors (Lipinski definition) is 4. The van der Waals surface area contributed by atoms with E-state index < -0.39 is 10.0 Å². The summed E-state index contributed by atoms with van der Waals surface area (Å²) in [5.41, 5.74) is 2.47. The molecule has 110 valence electrons. The fourth-order valence-corrected chi connectivity index (χ4v) is 4.71. The molecule has 3 rings (SSSR count). The van der Waals surface area contributed by atoms with Gasteiger partial charge in [-0.05, 0) is 37.1 Å².